The molecule has 148 valence electrons. The molecule has 0 radical (unpaired) electrons. The molecule has 0 unspecified atom stereocenters. The number of carboxylic acid groups (broad SMARTS) is 1. The maximum Gasteiger partial charge on any atom is 0.336 e. The predicted molar refractivity (Wildman–Crippen MR) is 116 cm³/mol. The summed E-state index contributed by atoms with van der Waals surface area (Å²) in [4.78, 5) is 18.0. The Kier molecular flexibility index (Phi) is 5.97. The van der Waals surface area contributed by atoms with Gasteiger partial charge < -0.3 is 10.4 Å². The topological polar surface area (TPSA) is 62.2 Å². The highest BCUT2D eigenvalue weighted by molar-refractivity contribution is 7.99. The number of pyridine rings is 1. The SMILES string of the molecule is Cc1ccc(Sc2ccc3c(c2)CCN[C@H]3CCc2cnccc2C(=O)O)cc1. The second-order valence-electron chi connectivity index (χ2n) is 7.41. The fourth-order valence-electron chi connectivity index (χ4n) is 3.83. The first-order chi connectivity index (χ1) is 14.1. The molecule has 1 aliphatic rings. The van der Waals surface area contributed by atoms with Gasteiger partial charge in [-0.2, -0.15) is 0 Å². The van der Waals surface area contributed by atoms with Gasteiger partial charge in [0.1, 0.15) is 0 Å². The molecule has 1 aliphatic heterocycles. The second kappa shape index (κ2) is 8.80. The van der Waals surface area contributed by atoms with Gasteiger partial charge in [-0.3, -0.25) is 4.98 Å². The summed E-state index contributed by atoms with van der Waals surface area (Å²) in [6.07, 6.45) is 5.76. The lowest BCUT2D eigenvalue weighted by molar-refractivity contribution is 0.0695. The Morgan fingerprint density at radius 2 is 1.97 bits per heavy atom. The summed E-state index contributed by atoms with van der Waals surface area (Å²) in [6.45, 7) is 3.04. The number of carboxylic acids is 1. The minimum absolute atomic E-state index is 0.235. The Morgan fingerprint density at radius 1 is 1.17 bits per heavy atom. The van der Waals surface area contributed by atoms with Crippen LogP contribution < -0.4 is 5.32 Å². The number of carbonyl (C=O) groups is 1. The van der Waals surface area contributed by atoms with Crippen LogP contribution >= 0.6 is 11.8 Å². The predicted octanol–water partition coefficient (Wildman–Crippen LogP) is 5.06. The molecule has 5 heteroatoms. The molecule has 0 aliphatic carbocycles. The van der Waals surface area contributed by atoms with Crippen LogP contribution in [0.3, 0.4) is 0 Å². The van der Waals surface area contributed by atoms with Crippen molar-refractivity contribution >= 4 is 17.7 Å². The van der Waals surface area contributed by atoms with Crippen molar-refractivity contribution in [2.24, 2.45) is 0 Å². The van der Waals surface area contributed by atoms with Crippen LogP contribution in [0.15, 0.2) is 70.7 Å². The number of benzene rings is 2. The van der Waals surface area contributed by atoms with Gasteiger partial charge in [0.15, 0.2) is 0 Å². The maximum atomic E-state index is 11.4. The van der Waals surface area contributed by atoms with Gasteiger partial charge in [-0.15, -0.1) is 0 Å². The number of aromatic carboxylic acids is 1. The smallest absolute Gasteiger partial charge is 0.336 e. The maximum absolute atomic E-state index is 11.4. The summed E-state index contributed by atoms with van der Waals surface area (Å²) < 4.78 is 0. The molecule has 0 bridgehead atoms. The third kappa shape index (κ3) is 4.69. The molecule has 1 aromatic heterocycles. The number of fused-ring (bicyclic) bond motifs is 1. The Labute approximate surface area is 175 Å². The zero-order chi connectivity index (χ0) is 20.2. The van der Waals surface area contributed by atoms with Crippen molar-refractivity contribution < 1.29 is 9.90 Å². The van der Waals surface area contributed by atoms with Crippen LogP contribution in [0.1, 0.15) is 45.1 Å². The van der Waals surface area contributed by atoms with Gasteiger partial charge in [0.2, 0.25) is 0 Å². The van der Waals surface area contributed by atoms with Crippen molar-refractivity contribution in [3.05, 3.63) is 88.7 Å². The quantitative estimate of drug-likeness (QED) is 0.601. The van der Waals surface area contributed by atoms with Crippen molar-refractivity contribution in [3.8, 4) is 0 Å². The van der Waals surface area contributed by atoms with Crippen LogP contribution in [0, 0.1) is 6.92 Å². The Morgan fingerprint density at radius 3 is 2.76 bits per heavy atom. The zero-order valence-corrected chi connectivity index (χ0v) is 17.2. The molecule has 29 heavy (non-hydrogen) atoms. The van der Waals surface area contributed by atoms with E-state index in [2.05, 4.69) is 59.7 Å². The van der Waals surface area contributed by atoms with Crippen LogP contribution in [0.5, 0.6) is 0 Å². The van der Waals surface area contributed by atoms with E-state index in [4.69, 9.17) is 0 Å². The molecular formula is C24H24N2O2S. The lowest BCUT2D eigenvalue weighted by atomic mass is 9.90. The van der Waals surface area contributed by atoms with Crippen LogP contribution in [-0.2, 0) is 12.8 Å². The van der Waals surface area contributed by atoms with Crippen LogP contribution in [0.4, 0.5) is 0 Å². The van der Waals surface area contributed by atoms with Gasteiger partial charge in [-0.1, -0.05) is 35.5 Å². The van der Waals surface area contributed by atoms with Crippen LogP contribution in [0.2, 0.25) is 0 Å². The first kappa shape index (κ1) is 19.7. The van der Waals surface area contributed by atoms with E-state index in [0.717, 1.165) is 24.9 Å². The number of nitrogens with zero attached hydrogens (tertiary/aromatic N) is 1. The molecule has 0 amide bonds. The van der Waals surface area contributed by atoms with Gasteiger partial charge in [0.05, 0.1) is 5.56 Å². The zero-order valence-electron chi connectivity index (χ0n) is 16.4. The van der Waals surface area contributed by atoms with Crippen molar-refractivity contribution in [2.45, 2.75) is 42.0 Å². The third-order valence-electron chi connectivity index (χ3n) is 5.37. The first-order valence-corrected chi connectivity index (χ1v) is 10.7. The number of hydrogen-bond acceptors (Lipinski definition) is 4. The van der Waals surface area contributed by atoms with Gasteiger partial charge >= 0.3 is 5.97 Å². The van der Waals surface area contributed by atoms with E-state index < -0.39 is 5.97 Å². The normalized spacial score (nSPS) is 15.7. The molecule has 0 fully saturated rings. The first-order valence-electron chi connectivity index (χ1n) is 9.87. The minimum Gasteiger partial charge on any atom is -0.478 e. The van der Waals surface area contributed by atoms with E-state index in [1.807, 2.05) is 0 Å². The summed E-state index contributed by atoms with van der Waals surface area (Å²) in [5.41, 5.74) is 5.12. The largest absolute Gasteiger partial charge is 0.478 e. The molecule has 3 aromatic rings. The molecule has 0 saturated carbocycles. The monoisotopic (exact) mass is 404 g/mol. The van der Waals surface area contributed by atoms with Gasteiger partial charge in [0.25, 0.3) is 0 Å². The van der Waals surface area contributed by atoms with Crippen molar-refractivity contribution in [2.75, 3.05) is 6.54 Å². The number of aromatic nitrogens is 1. The summed E-state index contributed by atoms with van der Waals surface area (Å²) in [5, 5.41) is 13.0. The average molecular weight is 405 g/mol. The van der Waals surface area contributed by atoms with Crippen LogP contribution in [0.25, 0.3) is 0 Å². The van der Waals surface area contributed by atoms with Crippen molar-refractivity contribution in [1.29, 1.82) is 0 Å². The highest BCUT2D eigenvalue weighted by Gasteiger charge is 2.21. The summed E-state index contributed by atoms with van der Waals surface area (Å²) in [6, 6.07) is 17.2. The minimum atomic E-state index is -0.892. The van der Waals surface area contributed by atoms with Gasteiger partial charge in [0, 0.05) is 28.2 Å². The molecule has 2 heterocycles. The molecule has 1 atom stereocenters. The summed E-state index contributed by atoms with van der Waals surface area (Å²) >= 11 is 1.79. The number of aryl methyl sites for hydroxylation is 2. The van der Waals surface area contributed by atoms with E-state index in [1.165, 1.54) is 32.7 Å². The van der Waals surface area contributed by atoms with E-state index in [-0.39, 0.29) is 6.04 Å². The van der Waals surface area contributed by atoms with Gasteiger partial charge in [-0.05, 0) is 79.8 Å². The fraction of sp³-hybridized carbons (Fsp3) is 0.250. The molecule has 0 spiro atoms. The highest BCUT2D eigenvalue weighted by atomic mass is 32.2. The lowest BCUT2D eigenvalue weighted by Crippen LogP contribution is -2.30. The number of hydrogen-bond donors (Lipinski definition) is 2. The summed E-state index contributed by atoms with van der Waals surface area (Å²) in [5.74, 6) is -0.892. The molecule has 2 aromatic carbocycles. The lowest BCUT2D eigenvalue weighted by Gasteiger charge is -2.27. The third-order valence-corrected chi connectivity index (χ3v) is 6.37. The number of nitrogens with one attached hydrogen (secondary N) is 1. The van der Waals surface area contributed by atoms with E-state index in [9.17, 15) is 9.90 Å². The molecule has 0 saturated heterocycles. The van der Waals surface area contributed by atoms with Crippen LogP contribution in [-0.4, -0.2) is 22.6 Å². The Balaban J connectivity index is 1.48. The molecule has 2 N–H and O–H groups in total. The van der Waals surface area contributed by atoms with Gasteiger partial charge in [-0.25, -0.2) is 4.79 Å². The van der Waals surface area contributed by atoms with Crippen molar-refractivity contribution in [3.63, 3.8) is 0 Å². The van der Waals surface area contributed by atoms with Crippen molar-refractivity contribution in [1.82, 2.24) is 10.3 Å². The average Bonchev–Trinajstić information content (AvgIpc) is 2.74. The van der Waals surface area contributed by atoms with E-state index >= 15 is 0 Å². The molecule has 4 nitrogen and oxygen atoms in total. The van der Waals surface area contributed by atoms with E-state index in [1.54, 1.807) is 24.0 Å². The standard InChI is InChI=1S/C24H24N2O2S/c1-16-2-5-19(6-3-16)29-20-7-8-21-17(14-20)10-13-26-23(21)9-4-18-15-25-12-11-22(18)24(27)28/h2-3,5-8,11-12,14-15,23,26H,4,9-10,13H2,1H3,(H,27,28)/t23-/m0/s1. The fourth-order valence-corrected chi connectivity index (χ4v) is 4.71. The number of rotatable bonds is 6. The highest BCUT2D eigenvalue weighted by Crippen LogP contribution is 2.33. The Hall–Kier alpha value is -2.63. The second-order valence-corrected chi connectivity index (χ2v) is 8.56. The molecule has 4 rings (SSSR count). The van der Waals surface area contributed by atoms with E-state index in [0.29, 0.717) is 12.0 Å². The molecular weight excluding hydrogens is 380 g/mol. The Bertz CT molecular complexity index is 1020. The summed E-state index contributed by atoms with van der Waals surface area (Å²) in [7, 11) is 0.